The van der Waals surface area contributed by atoms with E-state index >= 15 is 0 Å². The maximum absolute atomic E-state index is 12.8. The summed E-state index contributed by atoms with van der Waals surface area (Å²) in [5, 5.41) is 2.86. The Morgan fingerprint density at radius 3 is 2.35 bits per heavy atom. The van der Waals surface area contributed by atoms with Crippen LogP contribution < -0.4 is 14.8 Å². The van der Waals surface area contributed by atoms with Gasteiger partial charge in [-0.3, -0.25) is 4.79 Å². The number of ether oxygens (including phenoxy) is 2. The summed E-state index contributed by atoms with van der Waals surface area (Å²) in [7, 11) is 3.08. The number of hydrogen-bond acceptors (Lipinski definition) is 3. The Bertz CT molecular complexity index is 689. The highest BCUT2D eigenvalue weighted by Crippen LogP contribution is 2.31. The SMILES string of the molecule is COc1cc(I)c(C(=O)NCCc2ccc(F)cc2)cc1OC. The topological polar surface area (TPSA) is 47.6 Å². The fourth-order valence-electron chi connectivity index (χ4n) is 2.09. The first-order valence-electron chi connectivity index (χ1n) is 6.99. The zero-order valence-corrected chi connectivity index (χ0v) is 15.0. The van der Waals surface area contributed by atoms with Gasteiger partial charge in [0.25, 0.3) is 5.91 Å². The molecule has 0 heterocycles. The molecular weight excluding hydrogens is 412 g/mol. The van der Waals surface area contributed by atoms with Gasteiger partial charge in [0.1, 0.15) is 5.82 Å². The molecule has 6 heteroatoms. The van der Waals surface area contributed by atoms with E-state index in [1.807, 2.05) is 0 Å². The summed E-state index contributed by atoms with van der Waals surface area (Å²) < 4.78 is 24.1. The zero-order chi connectivity index (χ0) is 16.8. The van der Waals surface area contributed by atoms with Crippen molar-refractivity contribution in [1.82, 2.24) is 5.32 Å². The lowest BCUT2D eigenvalue weighted by molar-refractivity contribution is 0.0953. The molecule has 1 amide bonds. The molecule has 2 aromatic carbocycles. The van der Waals surface area contributed by atoms with E-state index in [0.29, 0.717) is 30.0 Å². The normalized spacial score (nSPS) is 10.3. The summed E-state index contributed by atoms with van der Waals surface area (Å²) >= 11 is 2.09. The molecule has 0 fully saturated rings. The molecule has 0 aliphatic rings. The second-order valence-corrected chi connectivity index (χ2v) is 5.98. The number of hydrogen-bond donors (Lipinski definition) is 1. The molecule has 0 saturated heterocycles. The third kappa shape index (κ3) is 4.57. The number of carbonyl (C=O) groups is 1. The number of amides is 1. The van der Waals surface area contributed by atoms with Gasteiger partial charge in [0.05, 0.1) is 19.8 Å². The minimum absolute atomic E-state index is 0.183. The Labute approximate surface area is 148 Å². The van der Waals surface area contributed by atoms with Gasteiger partial charge in [0.15, 0.2) is 11.5 Å². The Morgan fingerprint density at radius 2 is 1.74 bits per heavy atom. The molecule has 0 spiro atoms. The minimum atomic E-state index is -0.266. The predicted octanol–water partition coefficient (Wildman–Crippen LogP) is 3.42. The summed E-state index contributed by atoms with van der Waals surface area (Å²) in [4.78, 5) is 12.3. The Morgan fingerprint density at radius 1 is 1.13 bits per heavy atom. The van der Waals surface area contributed by atoms with E-state index in [4.69, 9.17) is 9.47 Å². The van der Waals surface area contributed by atoms with Gasteiger partial charge in [-0.05, 0) is 58.8 Å². The third-order valence-corrected chi connectivity index (χ3v) is 4.22. The van der Waals surface area contributed by atoms with Gasteiger partial charge in [-0.2, -0.15) is 0 Å². The summed E-state index contributed by atoms with van der Waals surface area (Å²) in [6.45, 7) is 0.467. The highest BCUT2D eigenvalue weighted by molar-refractivity contribution is 14.1. The summed E-state index contributed by atoms with van der Waals surface area (Å²) in [5.41, 5.74) is 1.50. The smallest absolute Gasteiger partial charge is 0.252 e. The first kappa shape index (κ1) is 17.5. The van der Waals surface area contributed by atoms with Crippen LogP contribution in [0.3, 0.4) is 0 Å². The van der Waals surface area contributed by atoms with Crippen LogP contribution in [0.15, 0.2) is 36.4 Å². The van der Waals surface area contributed by atoms with Crippen molar-refractivity contribution >= 4 is 28.5 Å². The molecule has 2 aromatic rings. The largest absolute Gasteiger partial charge is 0.493 e. The Hall–Kier alpha value is -1.83. The molecule has 0 aliphatic carbocycles. The van der Waals surface area contributed by atoms with Crippen LogP contribution in [-0.2, 0) is 6.42 Å². The second kappa shape index (κ2) is 8.14. The quantitative estimate of drug-likeness (QED) is 0.717. The van der Waals surface area contributed by atoms with E-state index in [-0.39, 0.29) is 11.7 Å². The van der Waals surface area contributed by atoms with Crippen molar-refractivity contribution in [1.29, 1.82) is 0 Å². The maximum Gasteiger partial charge on any atom is 0.252 e. The number of benzene rings is 2. The number of halogens is 2. The Kier molecular flexibility index (Phi) is 6.20. The fourth-order valence-corrected chi connectivity index (χ4v) is 2.78. The van der Waals surface area contributed by atoms with E-state index in [1.165, 1.54) is 19.2 Å². The van der Waals surface area contributed by atoms with E-state index in [1.54, 1.807) is 31.4 Å². The van der Waals surface area contributed by atoms with Crippen LogP contribution in [0.4, 0.5) is 4.39 Å². The van der Waals surface area contributed by atoms with Crippen molar-refractivity contribution < 1.29 is 18.7 Å². The van der Waals surface area contributed by atoms with Crippen LogP contribution in [0.25, 0.3) is 0 Å². The molecule has 0 atom stereocenters. The molecule has 122 valence electrons. The van der Waals surface area contributed by atoms with Crippen molar-refractivity contribution in [3.05, 3.63) is 56.9 Å². The lowest BCUT2D eigenvalue weighted by Gasteiger charge is -2.12. The molecule has 1 N–H and O–H groups in total. The number of nitrogens with one attached hydrogen (secondary N) is 1. The first-order valence-corrected chi connectivity index (χ1v) is 8.07. The number of methoxy groups -OCH3 is 2. The zero-order valence-electron chi connectivity index (χ0n) is 12.9. The molecule has 0 bridgehead atoms. The average molecular weight is 429 g/mol. The van der Waals surface area contributed by atoms with Gasteiger partial charge in [0.2, 0.25) is 0 Å². The monoisotopic (exact) mass is 429 g/mol. The maximum atomic E-state index is 12.8. The summed E-state index contributed by atoms with van der Waals surface area (Å²) in [6.07, 6.45) is 0.635. The van der Waals surface area contributed by atoms with Gasteiger partial charge in [0, 0.05) is 10.1 Å². The number of rotatable bonds is 6. The lowest BCUT2D eigenvalue weighted by atomic mass is 10.1. The van der Waals surface area contributed by atoms with Crippen molar-refractivity contribution in [2.75, 3.05) is 20.8 Å². The average Bonchev–Trinajstić information content (AvgIpc) is 2.56. The molecule has 0 radical (unpaired) electrons. The van der Waals surface area contributed by atoms with Crippen molar-refractivity contribution in [3.8, 4) is 11.5 Å². The van der Waals surface area contributed by atoms with E-state index in [0.717, 1.165) is 9.13 Å². The van der Waals surface area contributed by atoms with Gasteiger partial charge in [-0.15, -0.1) is 0 Å². The molecule has 0 saturated carbocycles. The van der Waals surface area contributed by atoms with Gasteiger partial charge in [-0.1, -0.05) is 12.1 Å². The minimum Gasteiger partial charge on any atom is -0.493 e. The van der Waals surface area contributed by atoms with Crippen molar-refractivity contribution in [2.24, 2.45) is 0 Å². The van der Waals surface area contributed by atoms with Crippen LogP contribution in [0, 0.1) is 9.39 Å². The molecular formula is C17H17FINO3. The standard InChI is InChI=1S/C17H17FINO3/c1-22-15-9-13(14(19)10-16(15)23-2)17(21)20-8-7-11-3-5-12(18)6-4-11/h3-6,9-10H,7-8H2,1-2H3,(H,20,21). The molecule has 23 heavy (non-hydrogen) atoms. The van der Waals surface area contributed by atoms with Crippen LogP contribution in [0.1, 0.15) is 15.9 Å². The lowest BCUT2D eigenvalue weighted by Crippen LogP contribution is -2.26. The van der Waals surface area contributed by atoms with E-state index in [2.05, 4.69) is 27.9 Å². The molecule has 4 nitrogen and oxygen atoms in total. The Balaban J connectivity index is 2.01. The second-order valence-electron chi connectivity index (χ2n) is 4.82. The van der Waals surface area contributed by atoms with Crippen LogP contribution in [-0.4, -0.2) is 26.7 Å². The van der Waals surface area contributed by atoms with E-state index in [9.17, 15) is 9.18 Å². The van der Waals surface area contributed by atoms with E-state index < -0.39 is 0 Å². The summed E-state index contributed by atoms with van der Waals surface area (Å²) in [5.74, 6) is 0.645. The van der Waals surface area contributed by atoms with Crippen molar-refractivity contribution in [2.45, 2.75) is 6.42 Å². The fraction of sp³-hybridized carbons (Fsp3) is 0.235. The molecule has 0 aromatic heterocycles. The third-order valence-electron chi connectivity index (χ3n) is 3.33. The van der Waals surface area contributed by atoms with Gasteiger partial charge in [-0.25, -0.2) is 4.39 Å². The predicted molar refractivity (Wildman–Crippen MR) is 94.7 cm³/mol. The summed E-state index contributed by atoms with van der Waals surface area (Å²) in [6, 6.07) is 9.66. The van der Waals surface area contributed by atoms with Crippen LogP contribution in [0.5, 0.6) is 11.5 Å². The molecule has 2 rings (SSSR count). The highest BCUT2D eigenvalue weighted by Gasteiger charge is 2.15. The molecule has 0 aliphatic heterocycles. The molecule has 0 unspecified atom stereocenters. The van der Waals surface area contributed by atoms with Crippen LogP contribution >= 0.6 is 22.6 Å². The van der Waals surface area contributed by atoms with Gasteiger partial charge < -0.3 is 14.8 Å². The first-order chi connectivity index (χ1) is 11.0. The highest BCUT2D eigenvalue weighted by atomic mass is 127. The number of carbonyl (C=O) groups excluding carboxylic acids is 1. The van der Waals surface area contributed by atoms with Gasteiger partial charge >= 0.3 is 0 Å². The van der Waals surface area contributed by atoms with Crippen molar-refractivity contribution in [3.63, 3.8) is 0 Å². The van der Waals surface area contributed by atoms with Crippen LogP contribution in [0.2, 0.25) is 0 Å².